The molecule has 346 valence electrons. The van der Waals surface area contributed by atoms with Crippen molar-refractivity contribution in [1.82, 2.24) is 8.61 Å². The van der Waals surface area contributed by atoms with Gasteiger partial charge in [0.05, 0.1) is 21.4 Å². The van der Waals surface area contributed by atoms with Crippen molar-refractivity contribution >= 4 is 60.9 Å². The summed E-state index contributed by atoms with van der Waals surface area (Å²) < 4.78 is 159. The van der Waals surface area contributed by atoms with E-state index < -0.39 is 113 Å². The highest BCUT2D eigenvalue weighted by Crippen LogP contribution is 2.31. The number of carbonyl (C=O) groups excluding carboxylic acids is 2. The van der Waals surface area contributed by atoms with Gasteiger partial charge in [-0.15, -0.1) is 0 Å². The van der Waals surface area contributed by atoms with Crippen LogP contribution < -0.4 is 17.2 Å². The first kappa shape index (κ1) is 52.8. The van der Waals surface area contributed by atoms with Crippen LogP contribution >= 0.6 is 23.2 Å². The first-order valence-corrected chi connectivity index (χ1v) is 21.5. The number of nitrogens with zero attached hydrogens (tertiary/aromatic N) is 4. The van der Waals surface area contributed by atoms with E-state index in [2.05, 4.69) is 5.16 Å². The Balaban J connectivity index is 0.000000341. The molecule has 0 aliphatic rings. The summed E-state index contributed by atoms with van der Waals surface area (Å²) >= 11 is 11.5. The van der Waals surface area contributed by atoms with Crippen molar-refractivity contribution in [2.75, 3.05) is 0 Å². The fraction of sp³-hybridized carbons (Fsp3) is 0.263. The minimum absolute atomic E-state index is 0.0330. The number of amidine groups is 1. The van der Waals surface area contributed by atoms with Gasteiger partial charge < -0.3 is 22.4 Å². The molecule has 4 rings (SSSR count). The van der Waals surface area contributed by atoms with Crippen LogP contribution in [-0.2, 0) is 42.7 Å². The molecule has 4 aromatic rings. The molecule has 0 aliphatic heterocycles. The molecule has 0 fully saturated rings. The Morgan fingerprint density at radius 1 is 0.672 bits per heavy atom. The first-order valence-electron chi connectivity index (χ1n) is 17.8. The lowest BCUT2D eigenvalue weighted by Crippen LogP contribution is -2.48. The second-order valence-corrected chi connectivity index (χ2v) is 18.0. The number of primary amides is 2. The lowest BCUT2D eigenvalue weighted by molar-refractivity contribution is -0.141. The van der Waals surface area contributed by atoms with Gasteiger partial charge in [-0.25, -0.2) is 25.6 Å². The van der Waals surface area contributed by atoms with Gasteiger partial charge >= 0.3 is 12.4 Å². The Morgan fingerprint density at radius 2 is 1.05 bits per heavy atom. The van der Waals surface area contributed by atoms with Gasteiger partial charge in [0.15, 0.2) is 5.84 Å². The van der Waals surface area contributed by atoms with Crippen molar-refractivity contribution in [1.29, 1.82) is 5.26 Å². The molecule has 7 N–H and O–H groups in total. The summed E-state index contributed by atoms with van der Waals surface area (Å²) in [5, 5.41) is 20.7. The summed E-state index contributed by atoms with van der Waals surface area (Å²) in [5.41, 5.74) is 15.2. The van der Waals surface area contributed by atoms with E-state index in [0.29, 0.717) is 8.61 Å². The molecule has 26 heteroatoms. The van der Waals surface area contributed by atoms with E-state index in [1.807, 2.05) is 0 Å². The molecular formula is C38H35Cl2F8N7O7S2. The van der Waals surface area contributed by atoms with Crippen molar-refractivity contribution in [3.05, 3.63) is 129 Å². The Labute approximate surface area is 370 Å². The maximum atomic E-state index is 14.7. The third kappa shape index (κ3) is 14.7. The van der Waals surface area contributed by atoms with Crippen LogP contribution in [0.25, 0.3) is 0 Å². The highest BCUT2D eigenvalue weighted by atomic mass is 35.5. The Kier molecular flexibility index (Phi) is 18.0. The van der Waals surface area contributed by atoms with E-state index in [9.17, 15) is 61.5 Å². The number of benzene rings is 4. The van der Waals surface area contributed by atoms with E-state index in [0.717, 1.165) is 48.5 Å². The Bertz CT molecular complexity index is 2600. The van der Waals surface area contributed by atoms with Gasteiger partial charge in [-0.1, -0.05) is 46.6 Å². The van der Waals surface area contributed by atoms with Gasteiger partial charge in [0.1, 0.15) is 23.7 Å². The van der Waals surface area contributed by atoms with E-state index in [1.165, 1.54) is 36.4 Å². The first-order chi connectivity index (χ1) is 29.6. The summed E-state index contributed by atoms with van der Waals surface area (Å²) in [4.78, 5) is 23.2. The van der Waals surface area contributed by atoms with Crippen LogP contribution in [0, 0.1) is 23.0 Å². The highest BCUT2D eigenvalue weighted by molar-refractivity contribution is 7.89. The average molecular weight is 989 g/mol. The van der Waals surface area contributed by atoms with E-state index >= 15 is 0 Å². The SMILES string of the molecule is N#Cc1ccc(CN([C@H](CCC(F)(F)F)C(N)=O)S(=O)(=O)c2ccc(Cl)cc2)c(F)c1.NC(=O)[C@@H](CCC(F)(F)F)N(Cc1ccc(/C(N)=N/O)cc1F)S(=O)(=O)c1ccc(Cl)cc1. The monoisotopic (exact) mass is 987 g/mol. The second-order valence-electron chi connectivity index (χ2n) is 13.4. The van der Waals surface area contributed by atoms with Crippen LogP contribution in [0.15, 0.2) is 99.9 Å². The molecule has 0 radical (unpaired) electrons. The number of amides is 2. The van der Waals surface area contributed by atoms with Crippen LogP contribution in [0.1, 0.15) is 47.9 Å². The van der Waals surface area contributed by atoms with Crippen LogP contribution in [0.3, 0.4) is 0 Å². The van der Waals surface area contributed by atoms with Crippen molar-refractivity contribution in [2.24, 2.45) is 22.4 Å². The largest absolute Gasteiger partial charge is 0.409 e. The number of hydrogen-bond donors (Lipinski definition) is 4. The molecule has 0 saturated heterocycles. The van der Waals surface area contributed by atoms with Crippen LogP contribution in [0.5, 0.6) is 0 Å². The van der Waals surface area contributed by atoms with Crippen LogP contribution in [-0.4, -0.2) is 72.7 Å². The topological polar surface area (TPSA) is 243 Å². The molecular weight excluding hydrogens is 953 g/mol. The number of carbonyl (C=O) groups is 2. The molecule has 2 amide bonds. The third-order valence-electron chi connectivity index (χ3n) is 8.89. The van der Waals surface area contributed by atoms with E-state index in [-0.39, 0.29) is 42.1 Å². The number of nitriles is 1. The van der Waals surface area contributed by atoms with Gasteiger partial charge in [0.2, 0.25) is 31.9 Å². The van der Waals surface area contributed by atoms with Crippen molar-refractivity contribution < 1.29 is 66.8 Å². The lowest BCUT2D eigenvalue weighted by Gasteiger charge is -2.29. The molecule has 0 aromatic heterocycles. The fourth-order valence-corrected chi connectivity index (χ4v) is 9.10. The summed E-state index contributed by atoms with van der Waals surface area (Å²) in [5.74, 6) is -5.06. The molecule has 64 heavy (non-hydrogen) atoms. The molecule has 0 unspecified atom stereocenters. The Hall–Kier alpha value is -5.58. The molecule has 0 heterocycles. The quantitative estimate of drug-likeness (QED) is 0.0289. The van der Waals surface area contributed by atoms with Gasteiger partial charge in [0.25, 0.3) is 0 Å². The summed E-state index contributed by atoms with van der Waals surface area (Å²) in [7, 11) is -9.21. The van der Waals surface area contributed by atoms with Crippen molar-refractivity contribution in [3.8, 4) is 6.07 Å². The van der Waals surface area contributed by atoms with Crippen molar-refractivity contribution in [2.45, 2.75) is 73.0 Å². The summed E-state index contributed by atoms with van der Waals surface area (Å²) in [6, 6.07) is 13.5. The number of halogens is 10. The zero-order valence-corrected chi connectivity index (χ0v) is 35.6. The van der Waals surface area contributed by atoms with Gasteiger partial charge in [-0.05, 0) is 79.6 Å². The van der Waals surface area contributed by atoms with E-state index in [4.69, 9.17) is 50.9 Å². The molecule has 0 spiro atoms. The molecule has 4 aromatic carbocycles. The lowest BCUT2D eigenvalue weighted by atomic mass is 10.1. The minimum Gasteiger partial charge on any atom is -0.409 e. The number of sulfonamides is 2. The van der Waals surface area contributed by atoms with Gasteiger partial charge in [-0.2, -0.15) is 40.2 Å². The molecule has 0 bridgehead atoms. The predicted molar refractivity (Wildman–Crippen MR) is 215 cm³/mol. The summed E-state index contributed by atoms with van der Waals surface area (Å²) in [6.45, 7) is -1.60. The van der Waals surface area contributed by atoms with Gasteiger partial charge in [-0.3, -0.25) is 9.59 Å². The Morgan fingerprint density at radius 3 is 1.36 bits per heavy atom. The molecule has 2 atom stereocenters. The number of hydrogen-bond acceptors (Lipinski definition) is 9. The zero-order chi connectivity index (χ0) is 48.4. The molecule has 0 saturated carbocycles. The number of alkyl halides is 6. The highest BCUT2D eigenvalue weighted by Gasteiger charge is 2.40. The molecule has 14 nitrogen and oxygen atoms in total. The predicted octanol–water partition coefficient (Wildman–Crippen LogP) is 6.70. The maximum Gasteiger partial charge on any atom is 0.389 e. The van der Waals surface area contributed by atoms with Crippen LogP contribution in [0.4, 0.5) is 35.1 Å². The standard InChI is InChI=1S/C19H19ClF4N4O4S.C19H16ClF4N3O3S/c20-13-3-5-14(6-4-13)33(31,32)28(16(18(26)29)7-8-19(22,23)24)10-12-2-1-11(9-15(12)21)17(25)27-30;20-14-3-5-15(6-4-14)31(29,30)27(17(18(26)28)7-8-19(22,23)24)11-13-2-1-12(10-25)9-16(13)21/h1-6,9,16,30H,7-8,10H2,(H2,25,27)(H2,26,29);1-6,9,17H,7-8,11H2,(H2,26,28)/t16-;17-/m11/s1. The smallest absolute Gasteiger partial charge is 0.389 e. The third-order valence-corrected chi connectivity index (χ3v) is 13.1. The average Bonchev–Trinajstić information content (AvgIpc) is 3.20. The number of rotatable bonds is 17. The number of nitrogens with two attached hydrogens (primary N) is 3. The second kappa shape index (κ2) is 21.9. The minimum atomic E-state index is -4.70. The number of oxime groups is 1. The zero-order valence-electron chi connectivity index (χ0n) is 32.5. The normalized spacial score (nSPS) is 13.5. The summed E-state index contributed by atoms with van der Waals surface area (Å²) in [6.07, 6.45) is -14.3. The fourth-order valence-electron chi connectivity index (χ4n) is 5.64. The van der Waals surface area contributed by atoms with E-state index in [1.54, 1.807) is 6.07 Å². The van der Waals surface area contributed by atoms with Gasteiger partial charge in [0, 0.05) is 52.7 Å². The van der Waals surface area contributed by atoms with Crippen LogP contribution in [0.2, 0.25) is 10.0 Å². The molecule has 0 aliphatic carbocycles. The maximum absolute atomic E-state index is 14.7. The van der Waals surface area contributed by atoms with Crippen molar-refractivity contribution in [3.63, 3.8) is 0 Å².